The van der Waals surface area contributed by atoms with Crippen molar-refractivity contribution in [2.45, 2.75) is 42.4 Å². The van der Waals surface area contributed by atoms with E-state index < -0.39 is 10.0 Å². The molecule has 0 N–H and O–H groups in total. The molecule has 3 nitrogen and oxygen atoms in total. The van der Waals surface area contributed by atoms with Gasteiger partial charge in [0.1, 0.15) is 4.21 Å². The van der Waals surface area contributed by atoms with Crippen molar-refractivity contribution in [3.63, 3.8) is 0 Å². The van der Waals surface area contributed by atoms with Crippen molar-refractivity contribution >= 4 is 64.8 Å². The van der Waals surface area contributed by atoms with E-state index in [-0.39, 0.29) is 6.04 Å². The van der Waals surface area contributed by atoms with Crippen molar-refractivity contribution in [2.75, 3.05) is 11.9 Å². The Morgan fingerprint density at radius 1 is 1.35 bits per heavy atom. The Balaban J connectivity index is 2.31. The zero-order chi connectivity index (χ0) is 14.8. The van der Waals surface area contributed by atoms with Gasteiger partial charge < -0.3 is 0 Å². The smallest absolute Gasteiger partial charge is 0.206 e. The van der Waals surface area contributed by atoms with Crippen LogP contribution < -0.4 is 0 Å². The van der Waals surface area contributed by atoms with Crippen molar-refractivity contribution in [3.05, 3.63) is 14.9 Å². The van der Waals surface area contributed by atoms with Crippen molar-refractivity contribution in [1.82, 2.24) is 4.31 Å². The number of hydrogen-bond acceptors (Lipinski definition) is 3. The molecule has 1 aliphatic carbocycles. The normalized spacial score (nSPS) is 17.8. The van der Waals surface area contributed by atoms with Crippen LogP contribution in [0.4, 0.5) is 0 Å². The lowest BCUT2D eigenvalue weighted by molar-refractivity contribution is 0.263. The van der Waals surface area contributed by atoms with Crippen LogP contribution in [0.15, 0.2) is 14.1 Å². The molecule has 0 unspecified atom stereocenters. The molecule has 20 heavy (non-hydrogen) atoms. The maximum Gasteiger partial charge on any atom is 0.252 e. The molecular formula is C12H16Br2ClNO2S2. The molecular weight excluding hydrogens is 450 g/mol. The van der Waals surface area contributed by atoms with Crippen molar-refractivity contribution in [1.29, 1.82) is 0 Å². The standard InChI is InChI=1S/C12H16Br2ClNO2S2/c13-6-7-16(9-4-2-1-3-5-9)20(17,18)11-8-10(15)12(14)19-11/h8-9H,1-7H2. The summed E-state index contributed by atoms with van der Waals surface area (Å²) in [5, 5.41) is 1.10. The number of rotatable bonds is 5. The van der Waals surface area contributed by atoms with Crippen LogP contribution in [-0.2, 0) is 10.0 Å². The van der Waals surface area contributed by atoms with Gasteiger partial charge in [0.05, 0.1) is 8.81 Å². The van der Waals surface area contributed by atoms with Gasteiger partial charge in [0.15, 0.2) is 0 Å². The summed E-state index contributed by atoms with van der Waals surface area (Å²) in [6.45, 7) is 0.500. The highest BCUT2D eigenvalue weighted by Crippen LogP contribution is 2.37. The SMILES string of the molecule is O=S(=O)(c1cc(Cl)c(Br)s1)N(CCBr)C1CCCCC1. The van der Waals surface area contributed by atoms with E-state index in [1.165, 1.54) is 23.8 Å². The minimum Gasteiger partial charge on any atom is -0.206 e. The van der Waals surface area contributed by atoms with Crippen LogP contribution in [0, 0.1) is 0 Å². The number of alkyl halides is 1. The van der Waals surface area contributed by atoms with Crippen LogP contribution in [0.3, 0.4) is 0 Å². The molecule has 8 heteroatoms. The summed E-state index contributed by atoms with van der Waals surface area (Å²) in [5.74, 6) is 0. The van der Waals surface area contributed by atoms with Crippen LogP contribution in [0.1, 0.15) is 32.1 Å². The van der Waals surface area contributed by atoms with Gasteiger partial charge in [0.2, 0.25) is 0 Å². The minimum absolute atomic E-state index is 0.117. The van der Waals surface area contributed by atoms with Gasteiger partial charge in [-0.05, 0) is 34.8 Å². The Kier molecular flexibility index (Phi) is 6.39. The fourth-order valence-electron chi connectivity index (χ4n) is 2.52. The van der Waals surface area contributed by atoms with Crippen LogP contribution in [-0.4, -0.2) is 30.6 Å². The Morgan fingerprint density at radius 3 is 2.50 bits per heavy atom. The van der Waals surface area contributed by atoms with E-state index in [0.717, 1.165) is 25.7 Å². The molecule has 0 atom stereocenters. The monoisotopic (exact) mass is 463 g/mol. The van der Waals surface area contributed by atoms with Gasteiger partial charge in [-0.2, -0.15) is 4.31 Å². The summed E-state index contributed by atoms with van der Waals surface area (Å²) in [4.78, 5) is 0. The van der Waals surface area contributed by atoms with Gasteiger partial charge in [-0.1, -0.05) is 46.8 Å². The molecule has 0 radical (unpaired) electrons. The molecule has 1 fully saturated rings. The Labute approximate surface area is 146 Å². The van der Waals surface area contributed by atoms with Gasteiger partial charge in [-0.15, -0.1) is 11.3 Å². The predicted octanol–water partition coefficient (Wildman–Crippen LogP) is 4.88. The second kappa shape index (κ2) is 7.42. The lowest BCUT2D eigenvalue weighted by Crippen LogP contribution is -2.42. The number of hydrogen-bond donors (Lipinski definition) is 0. The molecule has 0 aromatic carbocycles. The largest absolute Gasteiger partial charge is 0.252 e. The van der Waals surface area contributed by atoms with E-state index >= 15 is 0 Å². The summed E-state index contributed by atoms with van der Waals surface area (Å²) in [6.07, 6.45) is 5.32. The fraction of sp³-hybridized carbons (Fsp3) is 0.667. The van der Waals surface area contributed by atoms with Gasteiger partial charge >= 0.3 is 0 Å². The van der Waals surface area contributed by atoms with E-state index in [1.807, 2.05) is 0 Å². The maximum atomic E-state index is 12.8. The summed E-state index contributed by atoms with van der Waals surface area (Å²) >= 11 is 13.8. The predicted molar refractivity (Wildman–Crippen MR) is 91.6 cm³/mol. The van der Waals surface area contributed by atoms with E-state index in [4.69, 9.17) is 11.6 Å². The molecule has 2 rings (SSSR count). The highest BCUT2D eigenvalue weighted by atomic mass is 79.9. The first kappa shape index (κ1) is 17.2. The zero-order valence-corrected chi connectivity index (χ0v) is 16.4. The molecule has 1 saturated carbocycles. The first-order valence-corrected chi connectivity index (χ1v) is 11.0. The molecule has 1 aliphatic rings. The molecule has 0 bridgehead atoms. The second-order valence-electron chi connectivity index (χ2n) is 4.78. The third-order valence-electron chi connectivity index (χ3n) is 3.47. The van der Waals surface area contributed by atoms with Crippen LogP contribution in [0.25, 0.3) is 0 Å². The minimum atomic E-state index is -3.46. The first-order chi connectivity index (χ1) is 9.46. The maximum absolute atomic E-state index is 12.8. The second-order valence-corrected chi connectivity index (χ2v) is 10.5. The molecule has 0 amide bonds. The molecule has 0 aliphatic heterocycles. The molecule has 0 saturated heterocycles. The first-order valence-electron chi connectivity index (χ1n) is 6.49. The van der Waals surface area contributed by atoms with Crippen molar-refractivity contribution < 1.29 is 8.42 Å². The summed E-state index contributed by atoms with van der Waals surface area (Å²) < 4.78 is 28.3. The summed E-state index contributed by atoms with van der Waals surface area (Å²) in [6, 6.07) is 1.65. The van der Waals surface area contributed by atoms with Crippen LogP contribution in [0.5, 0.6) is 0 Å². The van der Waals surface area contributed by atoms with Crippen LogP contribution >= 0.6 is 54.8 Å². The van der Waals surface area contributed by atoms with Gasteiger partial charge in [0.25, 0.3) is 10.0 Å². The quantitative estimate of drug-likeness (QED) is 0.581. The van der Waals surface area contributed by atoms with E-state index in [0.29, 0.717) is 24.9 Å². The topological polar surface area (TPSA) is 37.4 Å². The van der Waals surface area contributed by atoms with E-state index in [2.05, 4.69) is 31.9 Å². The average molecular weight is 466 g/mol. The van der Waals surface area contributed by atoms with Crippen molar-refractivity contribution in [3.8, 4) is 0 Å². The third-order valence-corrected chi connectivity index (χ3v) is 8.70. The van der Waals surface area contributed by atoms with E-state index in [9.17, 15) is 8.42 Å². The third kappa shape index (κ3) is 3.79. The molecule has 114 valence electrons. The molecule has 1 aromatic heterocycles. The Bertz CT molecular complexity index is 536. The lowest BCUT2D eigenvalue weighted by Gasteiger charge is -2.32. The van der Waals surface area contributed by atoms with Gasteiger partial charge in [-0.25, -0.2) is 8.42 Å². The zero-order valence-electron chi connectivity index (χ0n) is 10.8. The van der Waals surface area contributed by atoms with Crippen molar-refractivity contribution in [2.24, 2.45) is 0 Å². The number of sulfonamides is 1. The number of nitrogens with zero attached hydrogens (tertiary/aromatic N) is 1. The van der Waals surface area contributed by atoms with Gasteiger partial charge in [0, 0.05) is 17.9 Å². The molecule has 1 aromatic rings. The summed E-state index contributed by atoms with van der Waals surface area (Å²) in [5.41, 5.74) is 0. The number of halogens is 3. The fourth-order valence-corrected chi connectivity index (χ4v) is 7.35. The van der Waals surface area contributed by atoms with Gasteiger partial charge in [-0.3, -0.25) is 0 Å². The average Bonchev–Trinajstić information content (AvgIpc) is 2.77. The molecule has 1 heterocycles. The lowest BCUT2D eigenvalue weighted by atomic mass is 9.95. The van der Waals surface area contributed by atoms with Crippen LogP contribution in [0.2, 0.25) is 5.02 Å². The Hall–Kier alpha value is 0.860. The number of thiophene rings is 1. The molecule has 0 spiro atoms. The summed E-state index contributed by atoms with van der Waals surface area (Å²) in [7, 11) is -3.46. The highest BCUT2D eigenvalue weighted by Gasteiger charge is 2.33. The Morgan fingerprint density at radius 2 is 2.00 bits per heavy atom. The van der Waals surface area contributed by atoms with E-state index in [1.54, 1.807) is 4.31 Å². The highest BCUT2D eigenvalue weighted by molar-refractivity contribution is 9.11.